The number of halogens is 2. The Labute approximate surface area is 81.0 Å². The van der Waals surface area contributed by atoms with Crippen LogP contribution in [-0.4, -0.2) is 28.5 Å². The molecule has 0 radical (unpaired) electrons. The van der Waals surface area contributed by atoms with Gasteiger partial charge in [-0.3, -0.25) is 4.79 Å². The van der Waals surface area contributed by atoms with Crippen LogP contribution in [0.1, 0.15) is 13.3 Å². The lowest BCUT2D eigenvalue weighted by Gasteiger charge is -2.11. The first-order valence-electron chi connectivity index (χ1n) is 3.71. The van der Waals surface area contributed by atoms with Crippen LogP contribution in [0, 0.1) is 5.41 Å². The second kappa shape index (κ2) is 3.05. The molecule has 0 saturated heterocycles. The Kier molecular flexibility index (Phi) is 2.57. The van der Waals surface area contributed by atoms with Crippen molar-refractivity contribution in [3.63, 3.8) is 0 Å². The SMILES string of the molecule is CC1(C(=O)NCCO)CC1(Cl)Cl. The van der Waals surface area contributed by atoms with Gasteiger partial charge in [-0.25, -0.2) is 0 Å². The summed E-state index contributed by atoms with van der Waals surface area (Å²) in [5, 5.41) is 11.0. The van der Waals surface area contributed by atoms with Crippen LogP contribution in [0.2, 0.25) is 0 Å². The summed E-state index contributed by atoms with van der Waals surface area (Å²) in [5.41, 5.74) is -0.675. The Balaban J connectivity index is 2.45. The van der Waals surface area contributed by atoms with E-state index in [9.17, 15) is 4.79 Å². The van der Waals surface area contributed by atoms with Crippen molar-refractivity contribution in [2.24, 2.45) is 5.41 Å². The molecule has 0 heterocycles. The third-order valence-electron chi connectivity index (χ3n) is 2.16. The zero-order valence-electron chi connectivity index (χ0n) is 6.73. The second-order valence-corrected chi connectivity index (χ2v) is 4.68. The van der Waals surface area contributed by atoms with Gasteiger partial charge in [0.25, 0.3) is 0 Å². The fraction of sp³-hybridized carbons (Fsp3) is 0.857. The molecular formula is C7H11Cl2NO2. The van der Waals surface area contributed by atoms with Crippen LogP contribution >= 0.6 is 23.2 Å². The number of aliphatic hydroxyl groups is 1. The molecule has 5 heteroatoms. The van der Waals surface area contributed by atoms with Gasteiger partial charge < -0.3 is 10.4 Å². The second-order valence-electron chi connectivity index (χ2n) is 3.19. The van der Waals surface area contributed by atoms with Gasteiger partial charge in [0.2, 0.25) is 5.91 Å². The maximum absolute atomic E-state index is 11.3. The summed E-state index contributed by atoms with van der Waals surface area (Å²) < 4.78 is -0.924. The van der Waals surface area contributed by atoms with Gasteiger partial charge in [-0.15, -0.1) is 23.2 Å². The minimum atomic E-state index is -0.924. The van der Waals surface area contributed by atoms with Crippen molar-refractivity contribution >= 4 is 29.1 Å². The van der Waals surface area contributed by atoms with Crippen molar-refractivity contribution < 1.29 is 9.90 Å². The van der Waals surface area contributed by atoms with Crippen LogP contribution in [0.15, 0.2) is 0 Å². The molecule has 0 spiro atoms. The van der Waals surface area contributed by atoms with E-state index in [4.69, 9.17) is 28.3 Å². The van der Waals surface area contributed by atoms with Gasteiger partial charge >= 0.3 is 0 Å². The van der Waals surface area contributed by atoms with E-state index >= 15 is 0 Å². The number of alkyl halides is 2. The van der Waals surface area contributed by atoms with Gasteiger partial charge in [0.15, 0.2) is 0 Å². The van der Waals surface area contributed by atoms with Gasteiger partial charge in [0.05, 0.1) is 12.0 Å². The van der Waals surface area contributed by atoms with Gasteiger partial charge in [-0.2, -0.15) is 0 Å². The van der Waals surface area contributed by atoms with E-state index in [0.29, 0.717) is 6.42 Å². The summed E-state index contributed by atoms with van der Waals surface area (Å²) in [6.45, 7) is 1.89. The molecule has 1 aliphatic rings. The Morgan fingerprint density at radius 3 is 2.50 bits per heavy atom. The minimum Gasteiger partial charge on any atom is -0.395 e. The molecule has 3 nitrogen and oxygen atoms in total. The number of hydrogen-bond acceptors (Lipinski definition) is 2. The fourth-order valence-electron chi connectivity index (χ4n) is 1.01. The zero-order chi connectivity index (χ0) is 9.41. The number of rotatable bonds is 3. The Morgan fingerprint density at radius 1 is 1.67 bits per heavy atom. The van der Waals surface area contributed by atoms with Gasteiger partial charge in [-0.05, 0) is 13.3 Å². The molecular weight excluding hydrogens is 201 g/mol. The van der Waals surface area contributed by atoms with Crippen molar-refractivity contribution in [2.75, 3.05) is 13.2 Å². The molecule has 1 amide bonds. The van der Waals surface area contributed by atoms with Crippen LogP contribution in [-0.2, 0) is 4.79 Å². The van der Waals surface area contributed by atoms with Crippen LogP contribution in [0.5, 0.6) is 0 Å². The number of hydrogen-bond donors (Lipinski definition) is 2. The summed E-state index contributed by atoms with van der Waals surface area (Å²) >= 11 is 11.5. The molecule has 2 N–H and O–H groups in total. The van der Waals surface area contributed by atoms with Crippen molar-refractivity contribution in [3.05, 3.63) is 0 Å². The normalized spacial score (nSPS) is 31.3. The minimum absolute atomic E-state index is 0.0700. The molecule has 0 aliphatic heterocycles. The Morgan fingerprint density at radius 2 is 2.17 bits per heavy atom. The average molecular weight is 212 g/mol. The van der Waals surface area contributed by atoms with Crippen LogP contribution < -0.4 is 5.32 Å². The molecule has 70 valence electrons. The first-order chi connectivity index (χ1) is 5.44. The van der Waals surface area contributed by atoms with E-state index in [1.807, 2.05) is 0 Å². The van der Waals surface area contributed by atoms with Crippen molar-refractivity contribution in [1.82, 2.24) is 5.32 Å². The summed E-state index contributed by atoms with van der Waals surface area (Å²) in [7, 11) is 0. The summed E-state index contributed by atoms with van der Waals surface area (Å²) in [6, 6.07) is 0. The average Bonchev–Trinajstić information content (AvgIpc) is 2.48. The molecule has 0 bridgehead atoms. The first kappa shape index (κ1) is 10.1. The molecule has 0 aromatic rings. The maximum Gasteiger partial charge on any atom is 0.229 e. The van der Waals surface area contributed by atoms with Crippen molar-refractivity contribution in [1.29, 1.82) is 0 Å². The van der Waals surface area contributed by atoms with Crippen LogP contribution in [0.25, 0.3) is 0 Å². The largest absolute Gasteiger partial charge is 0.395 e. The molecule has 1 unspecified atom stereocenters. The van der Waals surface area contributed by atoms with E-state index in [1.54, 1.807) is 6.92 Å². The number of amides is 1. The fourth-order valence-corrected chi connectivity index (χ4v) is 1.72. The third kappa shape index (κ3) is 1.53. The first-order valence-corrected chi connectivity index (χ1v) is 4.46. The quantitative estimate of drug-likeness (QED) is 0.676. The number of carbonyl (C=O) groups is 1. The number of aliphatic hydroxyl groups excluding tert-OH is 1. The van der Waals surface area contributed by atoms with E-state index < -0.39 is 9.75 Å². The molecule has 1 atom stereocenters. The van der Waals surface area contributed by atoms with Gasteiger partial charge in [-0.1, -0.05) is 0 Å². The van der Waals surface area contributed by atoms with Crippen molar-refractivity contribution in [2.45, 2.75) is 17.7 Å². The Bertz CT molecular complexity index is 208. The number of nitrogens with one attached hydrogen (secondary N) is 1. The molecule has 0 aromatic heterocycles. The highest BCUT2D eigenvalue weighted by Crippen LogP contribution is 2.63. The van der Waals surface area contributed by atoms with Crippen LogP contribution in [0.3, 0.4) is 0 Å². The van der Waals surface area contributed by atoms with E-state index in [2.05, 4.69) is 5.32 Å². The predicted octanol–water partition coefficient (Wildman–Crippen LogP) is 0.679. The van der Waals surface area contributed by atoms with E-state index in [1.165, 1.54) is 0 Å². The Hall–Kier alpha value is 0.01000. The lowest BCUT2D eigenvalue weighted by atomic mass is 10.1. The molecule has 1 fully saturated rings. The highest BCUT2D eigenvalue weighted by Gasteiger charge is 2.67. The third-order valence-corrected chi connectivity index (χ3v) is 3.26. The summed E-state index contributed by atoms with van der Waals surface area (Å²) in [6.07, 6.45) is 0.473. The van der Waals surface area contributed by atoms with Crippen molar-refractivity contribution in [3.8, 4) is 0 Å². The summed E-state index contributed by atoms with van der Waals surface area (Å²) in [4.78, 5) is 11.3. The monoisotopic (exact) mass is 211 g/mol. The molecule has 0 aromatic carbocycles. The molecule has 12 heavy (non-hydrogen) atoms. The molecule has 1 aliphatic carbocycles. The standard InChI is InChI=1S/C7H11Cl2NO2/c1-6(4-7(6,8)9)5(12)10-2-3-11/h11H,2-4H2,1H3,(H,10,12). The van der Waals surface area contributed by atoms with E-state index in [-0.39, 0.29) is 19.1 Å². The highest BCUT2D eigenvalue weighted by molar-refractivity contribution is 6.53. The molecule has 1 rings (SSSR count). The van der Waals surface area contributed by atoms with Crippen LogP contribution in [0.4, 0.5) is 0 Å². The lowest BCUT2D eigenvalue weighted by Crippen LogP contribution is -2.34. The zero-order valence-corrected chi connectivity index (χ0v) is 8.24. The van der Waals surface area contributed by atoms with E-state index in [0.717, 1.165) is 0 Å². The highest BCUT2D eigenvalue weighted by atomic mass is 35.5. The topological polar surface area (TPSA) is 49.3 Å². The smallest absolute Gasteiger partial charge is 0.229 e. The summed E-state index contributed by atoms with van der Waals surface area (Å²) in [5.74, 6) is -0.193. The lowest BCUT2D eigenvalue weighted by molar-refractivity contribution is -0.125. The molecule has 1 saturated carbocycles. The maximum atomic E-state index is 11.3. The predicted molar refractivity (Wildman–Crippen MR) is 47.3 cm³/mol. The van der Waals surface area contributed by atoms with Gasteiger partial charge in [0.1, 0.15) is 4.33 Å². The van der Waals surface area contributed by atoms with Gasteiger partial charge in [0, 0.05) is 6.54 Å². The number of carbonyl (C=O) groups excluding carboxylic acids is 1.